The van der Waals surface area contributed by atoms with E-state index in [1.807, 2.05) is 0 Å². The SMILES string of the molecule is O=C1COc2cc(CNC(=O)c3nc4cc(Br)ccc4c(=O)[nH]3)ccc2N1. The van der Waals surface area contributed by atoms with Crippen LogP contribution in [0.25, 0.3) is 10.9 Å². The van der Waals surface area contributed by atoms with Crippen molar-refractivity contribution in [3.05, 3.63) is 62.6 Å². The number of hydrogen-bond donors (Lipinski definition) is 3. The Morgan fingerprint density at radius 1 is 1.22 bits per heavy atom. The van der Waals surface area contributed by atoms with E-state index < -0.39 is 5.91 Å². The van der Waals surface area contributed by atoms with E-state index in [1.165, 1.54) is 0 Å². The number of ether oxygens (including phenoxy) is 1. The Balaban J connectivity index is 1.52. The molecule has 0 bridgehead atoms. The van der Waals surface area contributed by atoms with Crippen molar-refractivity contribution in [2.75, 3.05) is 11.9 Å². The van der Waals surface area contributed by atoms with E-state index in [-0.39, 0.29) is 30.4 Å². The van der Waals surface area contributed by atoms with Crippen LogP contribution < -0.4 is 20.9 Å². The van der Waals surface area contributed by atoms with Gasteiger partial charge in [-0.05, 0) is 35.9 Å². The molecule has 0 saturated carbocycles. The van der Waals surface area contributed by atoms with Gasteiger partial charge in [0.25, 0.3) is 17.4 Å². The Kier molecular flexibility index (Phi) is 4.36. The topological polar surface area (TPSA) is 113 Å². The molecule has 0 spiro atoms. The molecule has 0 saturated heterocycles. The van der Waals surface area contributed by atoms with Gasteiger partial charge >= 0.3 is 0 Å². The van der Waals surface area contributed by atoms with Gasteiger partial charge in [-0.25, -0.2) is 4.98 Å². The largest absolute Gasteiger partial charge is 0.482 e. The zero-order valence-electron chi connectivity index (χ0n) is 13.8. The van der Waals surface area contributed by atoms with Crippen LogP contribution >= 0.6 is 15.9 Å². The zero-order valence-corrected chi connectivity index (χ0v) is 15.4. The Morgan fingerprint density at radius 3 is 2.93 bits per heavy atom. The summed E-state index contributed by atoms with van der Waals surface area (Å²) in [6, 6.07) is 10.3. The number of carbonyl (C=O) groups excluding carboxylic acids is 2. The minimum absolute atomic E-state index is 0.0411. The average molecular weight is 429 g/mol. The fraction of sp³-hybridized carbons (Fsp3) is 0.111. The molecule has 1 aliphatic heterocycles. The van der Waals surface area contributed by atoms with Gasteiger partial charge in [0.05, 0.1) is 16.6 Å². The monoisotopic (exact) mass is 428 g/mol. The van der Waals surface area contributed by atoms with Crippen molar-refractivity contribution in [3.63, 3.8) is 0 Å². The third kappa shape index (κ3) is 3.54. The van der Waals surface area contributed by atoms with Gasteiger partial charge in [-0.2, -0.15) is 0 Å². The first-order chi connectivity index (χ1) is 13.0. The lowest BCUT2D eigenvalue weighted by Crippen LogP contribution is -2.28. The highest BCUT2D eigenvalue weighted by Crippen LogP contribution is 2.28. The van der Waals surface area contributed by atoms with Crippen LogP contribution in [0.5, 0.6) is 5.75 Å². The van der Waals surface area contributed by atoms with Crippen molar-refractivity contribution in [1.29, 1.82) is 0 Å². The van der Waals surface area contributed by atoms with Gasteiger partial charge in [0.2, 0.25) is 0 Å². The molecule has 136 valence electrons. The number of nitrogens with one attached hydrogen (secondary N) is 3. The van der Waals surface area contributed by atoms with E-state index in [4.69, 9.17) is 4.74 Å². The molecule has 2 aromatic carbocycles. The summed E-state index contributed by atoms with van der Waals surface area (Å²) in [6.07, 6.45) is 0. The van der Waals surface area contributed by atoms with Gasteiger partial charge in [-0.15, -0.1) is 0 Å². The highest BCUT2D eigenvalue weighted by atomic mass is 79.9. The predicted molar refractivity (Wildman–Crippen MR) is 102 cm³/mol. The lowest BCUT2D eigenvalue weighted by atomic mass is 10.1. The van der Waals surface area contributed by atoms with Crippen LogP contribution in [0.1, 0.15) is 16.2 Å². The Bertz CT molecular complexity index is 1140. The third-order valence-corrected chi connectivity index (χ3v) is 4.51. The maximum Gasteiger partial charge on any atom is 0.287 e. The van der Waals surface area contributed by atoms with Gasteiger partial charge in [0.1, 0.15) is 5.75 Å². The molecular formula is C18H13BrN4O4. The maximum atomic E-state index is 12.4. The Labute approximate surface area is 161 Å². The summed E-state index contributed by atoms with van der Waals surface area (Å²) in [7, 11) is 0. The van der Waals surface area contributed by atoms with Crippen molar-refractivity contribution in [2.24, 2.45) is 0 Å². The molecule has 0 fully saturated rings. The molecule has 1 aliphatic rings. The van der Waals surface area contributed by atoms with Crippen molar-refractivity contribution in [2.45, 2.75) is 6.54 Å². The minimum atomic E-state index is -0.499. The van der Waals surface area contributed by atoms with Crippen molar-refractivity contribution >= 4 is 44.3 Å². The molecule has 0 atom stereocenters. The van der Waals surface area contributed by atoms with Crippen LogP contribution in [0.3, 0.4) is 0 Å². The van der Waals surface area contributed by atoms with Crippen LogP contribution in [0.4, 0.5) is 5.69 Å². The van der Waals surface area contributed by atoms with Crippen LogP contribution in [0.15, 0.2) is 45.7 Å². The second-order valence-electron chi connectivity index (χ2n) is 5.93. The molecule has 3 aromatic rings. The second-order valence-corrected chi connectivity index (χ2v) is 6.84. The normalized spacial score (nSPS) is 12.9. The molecule has 0 radical (unpaired) electrons. The highest BCUT2D eigenvalue weighted by Gasteiger charge is 2.16. The average Bonchev–Trinajstić information content (AvgIpc) is 2.65. The number of nitrogens with zero attached hydrogens (tertiary/aromatic N) is 1. The third-order valence-electron chi connectivity index (χ3n) is 4.02. The number of anilines is 1. The van der Waals surface area contributed by atoms with E-state index >= 15 is 0 Å². The van der Waals surface area contributed by atoms with E-state index in [0.29, 0.717) is 22.3 Å². The van der Waals surface area contributed by atoms with Crippen molar-refractivity contribution in [1.82, 2.24) is 15.3 Å². The van der Waals surface area contributed by atoms with Crippen LogP contribution in [-0.2, 0) is 11.3 Å². The smallest absolute Gasteiger partial charge is 0.287 e. The van der Waals surface area contributed by atoms with E-state index in [0.717, 1.165) is 10.0 Å². The first-order valence-corrected chi connectivity index (χ1v) is 8.82. The van der Waals surface area contributed by atoms with Gasteiger partial charge in [0, 0.05) is 11.0 Å². The molecule has 8 nitrogen and oxygen atoms in total. The number of rotatable bonds is 3. The number of hydrogen-bond acceptors (Lipinski definition) is 5. The highest BCUT2D eigenvalue weighted by molar-refractivity contribution is 9.10. The van der Waals surface area contributed by atoms with E-state index in [2.05, 4.69) is 36.5 Å². The fourth-order valence-electron chi connectivity index (χ4n) is 2.72. The predicted octanol–water partition coefficient (Wildman–Crippen LogP) is 1.95. The fourth-order valence-corrected chi connectivity index (χ4v) is 3.06. The molecule has 0 aliphatic carbocycles. The van der Waals surface area contributed by atoms with Crippen LogP contribution in [0, 0.1) is 0 Å². The number of H-pyrrole nitrogens is 1. The molecule has 4 rings (SSSR count). The van der Waals surface area contributed by atoms with Gasteiger partial charge in [0.15, 0.2) is 12.4 Å². The van der Waals surface area contributed by atoms with Crippen molar-refractivity contribution in [3.8, 4) is 5.75 Å². The summed E-state index contributed by atoms with van der Waals surface area (Å²) in [5.74, 6) is -0.224. The zero-order chi connectivity index (χ0) is 19.0. The number of amides is 2. The first-order valence-electron chi connectivity index (χ1n) is 8.03. The summed E-state index contributed by atoms with van der Waals surface area (Å²) in [5, 5.41) is 5.82. The summed E-state index contributed by atoms with van der Waals surface area (Å²) in [5.41, 5.74) is 1.42. The maximum absolute atomic E-state index is 12.4. The Morgan fingerprint density at radius 2 is 2.07 bits per heavy atom. The van der Waals surface area contributed by atoms with Gasteiger partial charge < -0.3 is 20.4 Å². The van der Waals surface area contributed by atoms with Crippen LogP contribution in [-0.4, -0.2) is 28.4 Å². The first kappa shape index (κ1) is 17.2. The lowest BCUT2D eigenvalue weighted by Gasteiger charge is -2.18. The summed E-state index contributed by atoms with van der Waals surface area (Å²) in [6.45, 7) is 0.171. The molecule has 0 unspecified atom stereocenters. The minimum Gasteiger partial charge on any atom is -0.482 e. The summed E-state index contributed by atoms with van der Waals surface area (Å²) >= 11 is 3.32. The number of aromatic amines is 1. The second kappa shape index (κ2) is 6.84. The molecule has 27 heavy (non-hydrogen) atoms. The van der Waals surface area contributed by atoms with E-state index in [9.17, 15) is 14.4 Å². The quantitative estimate of drug-likeness (QED) is 0.589. The molecule has 1 aromatic heterocycles. The molecule has 9 heteroatoms. The van der Waals surface area contributed by atoms with Gasteiger partial charge in [-0.3, -0.25) is 14.4 Å². The Hall–Kier alpha value is -3.20. The summed E-state index contributed by atoms with van der Waals surface area (Å²) in [4.78, 5) is 42.5. The number of aromatic nitrogens is 2. The molecule has 3 N–H and O–H groups in total. The van der Waals surface area contributed by atoms with Crippen molar-refractivity contribution < 1.29 is 14.3 Å². The number of fused-ring (bicyclic) bond motifs is 2. The summed E-state index contributed by atoms with van der Waals surface area (Å²) < 4.78 is 6.12. The number of benzene rings is 2. The van der Waals surface area contributed by atoms with Crippen LogP contribution in [0.2, 0.25) is 0 Å². The number of halogens is 1. The molecule has 2 heterocycles. The van der Waals surface area contributed by atoms with E-state index in [1.54, 1.807) is 36.4 Å². The lowest BCUT2D eigenvalue weighted by molar-refractivity contribution is -0.118. The van der Waals surface area contributed by atoms with Gasteiger partial charge in [-0.1, -0.05) is 22.0 Å². The molecular weight excluding hydrogens is 416 g/mol. The number of carbonyl (C=O) groups is 2. The standard InChI is InChI=1S/C18H13BrN4O4/c19-10-2-3-11-13(6-10)22-16(23-17(11)25)18(26)20-7-9-1-4-12-14(5-9)27-8-15(24)21-12/h1-6H,7-8H2,(H,20,26)(H,21,24)(H,22,23,25). The molecule has 2 amide bonds.